The highest BCUT2D eigenvalue weighted by Crippen LogP contribution is 2.33. The van der Waals surface area contributed by atoms with Gasteiger partial charge in [0.2, 0.25) is 0 Å². The van der Waals surface area contributed by atoms with Gasteiger partial charge in [0, 0.05) is 30.1 Å². The molecule has 1 saturated carbocycles. The van der Waals surface area contributed by atoms with Crippen LogP contribution >= 0.6 is 11.3 Å². The van der Waals surface area contributed by atoms with Crippen molar-refractivity contribution in [1.82, 2.24) is 19.7 Å². The monoisotopic (exact) mass is 449 g/mol. The number of nitrogens with zero attached hydrogens (tertiary/aromatic N) is 4. The normalized spacial score (nSPS) is 18.5. The van der Waals surface area contributed by atoms with E-state index >= 15 is 0 Å². The van der Waals surface area contributed by atoms with Crippen LogP contribution in [0.15, 0.2) is 48.9 Å². The zero-order valence-corrected chi connectivity index (χ0v) is 18.2. The maximum atomic E-state index is 10.7. The van der Waals surface area contributed by atoms with E-state index in [1.807, 2.05) is 24.3 Å². The molecule has 2 atom stereocenters. The summed E-state index contributed by atoms with van der Waals surface area (Å²) in [7, 11) is 0. The number of hydrogen-bond acceptors (Lipinski definition) is 8. The molecule has 32 heavy (non-hydrogen) atoms. The molecule has 164 valence electrons. The van der Waals surface area contributed by atoms with Crippen LogP contribution in [0.5, 0.6) is 11.5 Å². The summed E-state index contributed by atoms with van der Waals surface area (Å²) in [5, 5.41) is 18.6. The Balaban J connectivity index is 1.32. The van der Waals surface area contributed by atoms with Crippen molar-refractivity contribution in [1.29, 1.82) is 0 Å². The smallest absolute Gasteiger partial charge is 0.184 e. The van der Waals surface area contributed by atoms with Crippen molar-refractivity contribution in [3.8, 4) is 22.8 Å². The number of benzene rings is 1. The topological polar surface area (TPSA) is 102 Å². The summed E-state index contributed by atoms with van der Waals surface area (Å²) in [6.07, 6.45) is 9.64. The summed E-state index contributed by atoms with van der Waals surface area (Å²) < 4.78 is 8.65. The molecular formula is C23H23N5O3S. The molecule has 1 aromatic carbocycles. The minimum atomic E-state index is -0.318. The third-order valence-corrected chi connectivity index (χ3v) is 6.51. The van der Waals surface area contributed by atoms with Gasteiger partial charge in [0.25, 0.3) is 0 Å². The quantitative estimate of drug-likeness (QED) is 0.406. The lowest BCUT2D eigenvalue weighted by Crippen LogP contribution is -2.36. The molecule has 8 nitrogen and oxygen atoms in total. The second-order valence-electron chi connectivity index (χ2n) is 7.85. The molecule has 0 unspecified atom stereocenters. The fourth-order valence-corrected chi connectivity index (χ4v) is 4.87. The molecule has 5 rings (SSSR count). The Morgan fingerprint density at radius 1 is 1.22 bits per heavy atom. The molecule has 9 heteroatoms. The van der Waals surface area contributed by atoms with Crippen molar-refractivity contribution in [2.75, 3.05) is 5.32 Å². The molecule has 4 aromatic rings. The summed E-state index contributed by atoms with van der Waals surface area (Å²) in [6, 6.07) is 9.51. The first-order valence-electron chi connectivity index (χ1n) is 10.6. The van der Waals surface area contributed by atoms with E-state index in [0.29, 0.717) is 11.5 Å². The minimum Gasteiger partial charge on any atom is -0.457 e. The molecule has 0 saturated heterocycles. The van der Waals surface area contributed by atoms with Crippen molar-refractivity contribution >= 4 is 33.0 Å². The Hall–Kier alpha value is -3.30. The van der Waals surface area contributed by atoms with Crippen LogP contribution in [0.2, 0.25) is 0 Å². The standard InChI is InChI=1S/C23H23N5O3S/c29-10-9-28-14-15(13-25-28)20-11-17(7-8-24-20)31-16-5-6-19-22(12-16)32-23(27-19)26-18-3-1-2-4-21(18)30/h5-8,10-14,18,21,30H,1-4,9H2,(H,26,27)/t18-,21-/m1/s1. The third kappa shape index (κ3) is 4.49. The highest BCUT2D eigenvalue weighted by Gasteiger charge is 2.23. The van der Waals surface area contributed by atoms with Gasteiger partial charge >= 0.3 is 0 Å². The van der Waals surface area contributed by atoms with E-state index in [2.05, 4.69) is 20.4 Å². The van der Waals surface area contributed by atoms with Gasteiger partial charge in [0.05, 0.1) is 40.8 Å². The van der Waals surface area contributed by atoms with Crippen molar-refractivity contribution in [3.05, 3.63) is 48.9 Å². The Kier molecular flexibility index (Phi) is 5.83. The van der Waals surface area contributed by atoms with Crippen molar-refractivity contribution in [2.24, 2.45) is 0 Å². The maximum absolute atomic E-state index is 10.7. The molecule has 3 heterocycles. The van der Waals surface area contributed by atoms with E-state index in [-0.39, 0.29) is 18.7 Å². The molecule has 0 amide bonds. The summed E-state index contributed by atoms with van der Waals surface area (Å²) in [5.74, 6) is 1.37. The third-order valence-electron chi connectivity index (χ3n) is 5.56. The molecule has 1 aliphatic rings. The number of thiazole rings is 1. The highest BCUT2D eigenvalue weighted by molar-refractivity contribution is 7.22. The van der Waals surface area contributed by atoms with Crippen LogP contribution < -0.4 is 10.1 Å². The number of carbonyl (C=O) groups excluding carboxylic acids is 1. The number of nitrogens with one attached hydrogen (secondary N) is 1. The van der Waals surface area contributed by atoms with Gasteiger partial charge < -0.3 is 20.0 Å². The lowest BCUT2D eigenvalue weighted by molar-refractivity contribution is -0.108. The minimum absolute atomic E-state index is 0.0613. The number of aliphatic hydroxyl groups is 1. The first-order chi connectivity index (χ1) is 15.7. The van der Waals surface area contributed by atoms with Crippen LogP contribution in [0, 0.1) is 0 Å². The molecule has 3 aromatic heterocycles. The fourth-order valence-electron chi connectivity index (χ4n) is 3.91. The Bertz CT molecular complexity index is 1240. The molecular weight excluding hydrogens is 426 g/mol. The summed E-state index contributed by atoms with van der Waals surface area (Å²) >= 11 is 1.56. The summed E-state index contributed by atoms with van der Waals surface area (Å²) in [5.41, 5.74) is 2.43. The van der Waals surface area contributed by atoms with Gasteiger partial charge in [-0.3, -0.25) is 9.67 Å². The Morgan fingerprint density at radius 2 is 2.09 bits per heavy atom. The van der Waals surface area contributed by atoms with Gasteiger partial charge in [0.15, 0.2) is 5.13 Å². The summed E-state index contributed by atoms with van der Waals surface area (Å²) in [6.45, 7) is 0.210. The number of ether oxygens (including phenoxy) is 1. The van der Waals surface area contributed by atoms with Crippen LogP contribution in [-0.2, 0) is 11.3 Å². The zero-order chi connectivity index (χ0) is 21.9. The molecule has 0 radical (unpaired) electrons. The van der Waals surface area contributed by atoms with Gasteiger partial charge in [-0.2, -0.15) is 5.10 Å². The first-order valence-corrected chi connectivity index (χ1v) is 11.5. The van der Waals surface area contributed by atoms with E-state index in [4.69, 9.17) is 4.74 Å². The predicted octanol–water partition coefficient (Wildman–Crippen LogP) is 4.26. The summed E-state index contributed by atoms with van der Waals surface area (Å²) in [4.78, 5) is 19.7. The average molecular weight is 450 g/mol. The Morgan fingerprint density at radius 3 is 2.97 bits per heavy atom. The van der Waals surface area contributed by atoms with Gasteiger partial charge in [-0.25, -0.2) is 4.98 Å². The molecule has 1 aliphatic carbocycles. The molecule has 0 aliphatic heterocycles. The van der Waals surface area contributed by atoms with E-state index in [1.165, 1.54) is 0 Å². The van der Waals surface area contributed by atoms with Crippen molar-refractivity contribution < 1.29 is 14.6 Å². The molecule has 0 bridgehead atoms. The number of aliphatic hydroxyl groups excluding tert-OH is 1. The van der Waals surface area contributed by atoms with Gasteiger partial charge in [-0.1, -0.05) is 24.2 Å². The molecule has 1 fully saturated rings. The second-order valence-corrected chi connectivity index (χ2v) is 8.88. The van der Waals surface area contributed by atoms with E-state index in [9.17, 15) is 9.90 Å². The first kappa shape index (κ1) is 20.6. The average Bonchev–Trinajstić information content (AvgIpc) is 3.42. The number of aromatic nitrogens is 4. The van der Waals surface area contributed by atoms with Gasteiger partial charge in [0.1, 0.15) is 17.8 Å². The van der Waals surface area contributed by atoms with Crippen molar-refractivity contribution in [2.45, 2.75) is 44.4 Å². The lowest BCUT2D eigenvalue weighted by atomic mass is 9.93. The Labute approximate surface area is 188 Å². The van der Waals surface area contributed by atoms with Gasteiger partial charge in [-0.05, 0) is 31.0 Å². The number of anilines is 1. The molecule has 0 spiro atoms. The predicted molar refractivity (Wildman–Crippen MR) is 123 cm³/mol. The maximum Gasteiger partial charge on any atom is 0.184 e. The van der Waals surface area contributed by atoms with Crippen LogP contribution in [0.25, 0.3) is 21.5 Å². The fraction of sp³-hybridized carbons (Fsp3) is 0.304. The highest BCUT2D eigenvalue weighted by atomic mass is 32.1. The number of aldehydes is 1. The van der Waals surface area contributed by atoms with Crippen molar-refractivity contribution in [3.63, 3.8) is 0 Å². The van der Waals surface area contributed by atoms with E-state index in [1.54, 1.807) is 40.7 Å². The number of pyridine rings is 1. The van der Waals surface area contributed by atoms with Crippen LogP contribution in [-0.4, -0.2) is 43.3 Å². The number of fused-ring (bicyclic) bond motifs is 1. The van der Waals surface area contributed by atoms with Crippen LogP contribution in [0.4, 0.5) is 5.13 Å². The van der Waals surface area contributed by atoms with E-state index in [0.717, 1.165) is 58.6 Å². The zero-order valence-electron chi connectivity index (χ0n) is 17.3. The number of carbonyl (C=O) groups is 1. The lowest BCUT2D eigenvalue weighted by Gasteiger charge is -2.27. The van der Waals surface area contributed by atoms with Crippen LogP contribution in [0.1, 0.15) is 25.7 Å². The largest absolute Gasteiger partial charge is 0.457 e. The number of rotatable bonds is 7. The second kappa shape index (κ2) is 9.05. The SMILES string of the molecule is O=CCn1cc(-c2cc(Oc3ccc4nc(N[C@@H]5CCCC[C@H]5O)sc4c3)ccn2)cn1. The van der Waals surface area contributed by atoms with Crippen LogP contribution in [0.3, 0.4) is 0 Å². The van der Waals surface area contributed by atoms with Gasteiger partial charge in [-0.15, -0.1) is 0 Å². The van der Waals surface area contributed by atoms with E-state index < -0.39 is 0 Å². The number of hydrogen-bond donors (Lipinski definition) is 2. The molecule has 2 N–H and O–H groups in total.